The summed E-state index contributed by atoms with van der Waals surface area (Å²) < 4.78 is 75.7. The first-order valence-corrected chi connectivity index (χ1v) is 5.61. The van der Waals surface area contributed by atoms with Crippen molar-refractivity contribution in [3.63, 3.8) is 0 Å². The molecule has 8 heteroatoms. The Kier molecular flexibility index (Phi) is 6.35. The lowest BCUT2D eigenvalue weighted by Gasteiger charge is -2.19. The van der Waals surface area contributed by atoms with E-state index in [1.807, 2.05) is 0 Å². The lowest BCUT2D eigenvalue weighted by molar-refractivity contribution is -0.143. The maximum absolute atomic E-state index is 12.8. The number of benzene rings is 1. The van der Waals surface area contributed by atoms with Gasteiger partial charge in [-0.05, 0) is 24.1 Å². The molecule has 0 saturated heterocycles. The van der Waals surface area contributed by atoms with Gasteiger partial charge < -0.3 is 5.73 Å². The maximum atomic E-state index is 12.8. The molecule has 2 N–H and O–H groups in total. The van der Waals surface area contributed by atoms with E-state index in [-0.39, 0.29) is 30.5 Å². The largest absolute Gasteiger partial charge is 0.416 e. The highest BCUT2D eigenvalue weighted by Crippen LogP contribution is 2.39. The van der Waals surface area contributed by atoms with Gasteiger partial charge in [0.2, 0.25) is 0 Å². The van der Waals surface area contributed by atoms with E-state index < -0.39 is 29.5 Å². The Morgan fingerprint density at radius 2 is 1.60 bits per heavy atom. The van der Waals surface area contributed by atoms with Gasteiger partial charge in [0.05, 0.1) is 11.1 Å². The van der Waals surface area contributed by atoms with Gasteiger partial charge >= 0.3 is 12.4 Å². The minimum atomic E-state index is -4.86. The fraction of sp³-hybridized carbons (Fsp3) is 0.500. The van der Waals surface area contributed by atoms with Crippen LogP contribution >= 0.6 is 12.4 Å². The summed E-state index contributed by atoms with van der Waals surface area (Å²) in [7, 11) is 0. The van der Waals surface area contributed by atoms with Crippen LogP contribution in [0.15, 0.2) is 18.2 Å². The lowest BCUT2D eigenvalue weighted by Crippen LogP contribution is -2.19. The second-order valence-corrected chi connectivity index (χ2v) is 4.19. The van der Waals surface area contributed by atoms with Gasteiger partial charge in [0.25, 0.3) is 0 Å². The Morgan fingerprint density at radius 3 is 2.00 bits per heavy atom. The summed E-state index contributed by atoms with van der Waals surface area (Å²) in [6.07, 6.45) is -8.86. The predicted octanol–water partition coefficient (Wildman–Crippen LogP) is 4.95. The van der Waals surface area contributed by atoms with Gasteiger partial charge in [-0.2, -0.15) is 26.3 Å². The molecule has 0 aromatic heterocycles. The fourth-order valence-electron chi connectivity index (χ4n) is 1.77. The molecule has 0 aliphatic carbocycles. The summed E-state index contributed by atoms with van der Waals surface area (Å²) in [4.78, 5) is 0. The average Bonchev–Trinajstić information content (AvgIpc) is 2.26. The third-order valence-corrected chi connectivity index (χ3v) is 2.69. The zero-order valence-corrected chi connectivity index (χ0v) is 11.3. The minimum absolute atomic E-state index is 0. The van der Waals surface area contributed by atoms with E-state index in [9.17, 15) is 26.3 Å². The van der Waals surface area contributed by atoms with Crippen LogP contribution in [0.3, 0.4) is 0 Å². The molecule has 116 valence electrons. The van der Waals surface area contributed by atoms with Crippen molar-refractivity contribution in [1.82, 2.24) is 0 Å². The van der Waals surface area contributed by atoms with E-state index in [0.717, 1.165) is 6.07 Å². The lowest BCUT2D eigenvalue weighted by atomic mass is 9.95. The van der Waals surface area contributed by atoms with Crippen LogP contribution < -0.4 is 5.73 Å². The molecule has 1 atom stereocenters. The molecular formula is C12H14ClF6N. The van der Waals surface area contributed by atoms with Gasteiger partial charge in [-0.3, -0.25) is 0 Å². The number of alkyl halides is 6. The van der Waals surface area contributed by atoms with Crippen molar-refractivity contribution < 1.29 is 26.3 Å². The van der Waals surface area contributed by atoms with Crippen LogP contribution in [0.5, 0.6) is 0 Å². The first kappa shape index (κ1) is 19.1. The minimum Gasteiger partial charge on any atom is -0.324 e. The Bertz CT molecular complexity index is 441. The fourth-order valence-corrected chi connectivity index (χ4v) is 1.77. The molecule has 1 rings (SSSR count). The first-order chi connectivity index (χ1) is 8.57. The standard InChI is InChI=1S/C12H13F6N.ClH/c1-2-3-10(19)8-5-4-7(11(13,14)15)6-9(8)12(16,17)18;/h4-6,10H,2-3,19H2,1H3;1H/t10-;/m0./s1. The van der Waals surface area contributed by atoms with Gasteiger partial charge in [0.1, 0.15) is 0 Å². The Labute approximate surface area is 118 Å². The molecule has 0 spiro atoms. The molecule has 20 heavy (non-hydrogen) atoms. The Balaban J connectivity index is 0.00000361. The number of hydrogen-bond donors (Lipinski definition) is 1. The van der Waals surface area contributed by atoms with Crippen molar-refractivity contribution in [2.45, 2.75) is 38.2 Å². The van der Waals surface area contributed by atoms with E-state index >= 15 is 0 Å². The van der Waals surface area contributed by atoms with Crippen LogP contribution in [0.25, 0.3) is 0 Å². The molecule has 1 nitrogen and oxygen atoms in total. The SMILES string of the molecule is CCC[C@H](N)c1ccc(C(F)(F)F)cc1C(F)(F)F.Cl. The number of halogens is 7. The smallest absolute Gasteiger partial charge is 0.324 e. The molecule has 1 aromatic carbocycles. The molecule has 0 saturated carbocycles. The highest BCUT2D eigenvalue weighted by molar-refractivity contribution is 5.85. The van der Waals surface area contributed by atoms with Crippen LogP contribution in [0.2, 0.25) is 0 Å². The van der Waals surface area contributed by atoms with Crippen molar-refractivity contribution in [2.24, 2.45) is 5.73 Å². The zero-order valence-electron chi connectivity index (χ0n) is 10.5. The summed E-state index contributed by atoms with van der Waals surface area (Å²) in [5.74, 6) is 0. The number of hydrogen-bond acceptors (Lipinski definition) is 1. The predicted molar refractivity (Wildman–Crippen MR) is 65.5 cm³/mol. The third kappa shape index (κ3) is 4.56. The van der Waals surface area contributed by atoms with Gasteiger partial charge in [-0.25, -0.2) is 0 Å². The molecule has 0 unspecified atom stereocenters. The van der Waals surface area contributed by atoms with Gasteiger partial charge in [0, 0.05) is 6.04 Å². The van der Waals surface area contributed by atoms with E-state index in [1.54, 1.807) is 6.92 Å². The topological polar surface area (TPSA) is 26.0 Å². The summed E-state index contributed by atoms with van der Waals surface area (Å²) in [6, 6.07) is 0.626. The summed E-state index contributed by atoms with van der Waals surface area (Å²) in [5, 5.41) is 0. The van der Waals surface area contributed by atoms with Gasteiger partial charge in [-0.15, -0.1) is 12.4 Å². The normalized spacial score (nSPS) is 13.8. The molecule has 1 aromatic rings. The maximum Gasteiger partial charge on any atom is 0.416 e. The first-order valence-electron chi connectivity index (χ1n) is 5.61. The molecule has 0 aliphatic heterocycles. The molecule has 0 aliphatic rings. The second-order valence-electron chi connectivity index (χ2n) is 4.19. The molecular weight excluding hydrogens is 308 g/mol. The van der Waals surface area contributed by atoms with Crippen LogP contribution in [0, 0.1) is 0 Å². The Hall–Kier alpha value is -0.950. The van der Waals surface area contributed by atoms with E-state index in [2.05, 4.69) is 0 Å². The van der Waals surface area contributed by atoms with Gasteiger partial charge in [0.15, 0.2) is 0 Å². The van der Waals surface area contributed by atoms with E-state index in [0.29, 0.717) is 12.5 Å². The van der Waals surface area contributed by atoms with E-state index in [4.69, 9.17) is 5.73 Å². The molecule has 0 heterocycles. The van der Waals surface area contributed by atoms with Crippen molar-refractivity contribution in [3.8, 4) is 0 Å². The van der Waals surface area contributed by atoms with Crippen molar-refractivity contribution in [1.29, 1.82) is 0 Å². The average molecular weight is 322 g/mol. The van der Waals surface area contributed by atoms with Crippen molar-refractivity contribution >= 4 is 12.4 Å². The zero-order chi connectivity index (χ0) is 14.8. The van der Waals surface area contributed by atoms with Crippen LogP contribution in [0.1, 0.15) is 42.5 Å². The highest BCUT2D eigenvalue weighted by atomic mass is 35.5. The Morgan fingerprint density at radius 1 is 1.05 bits per heavy atom. The van der Waals surface area contributed by atoms with Crippen LogP contribution in [-0.4, -0.2) is 0 Å². The summed E-state index contributed by atoms with van der Waals surface area (Å²) in [6.45, 7) is 1.73. The molecule has 0 fully saturated rings. The molecule has 0 bridgehead atoms. The highest BCUT2D eigenvalue weighted by Gasteiger charge is 2.38. The molecule has 0 amide bonds. The van der Waals surface area contributed by atoms with Crippen molar-refractivity contribution in [2.75, 3.05) is 0 Å². The monoisotopic (exact) mass is 321 g/mol. The quantitative estimate of drug-likeness (QED) is 0.784. The molecule has 0 radical (unpaired) electrons. The van der Waals surface area contributed by atoms with Crippen LogP contribution in [-0.2, 0) is 12.4 Å². The van der Waals surface area contributed by atoms with Gasteiger partial charge in [-0.1, -0.05) is 19.4 Å². The van der Waals surface area contributed by atoms with Crippen LogP contribution in [0.4, 0.5) is 26.3 Å². The summed E-state index contributed by atoms with van der Waals surface area (Å²) >= 11 is 0. The number of nitrogens with two attached hydrogens (primary N) is 1. The van der Waals surface area contributed by atoms with E-state index in [1.165, 1.54) is 0 Å². The summed E-state index contributed by atoms with van der Waals surface area (Å²) in [5.41, 5.74) is 2.63. The van der Waals surface area contributed by atoms with Crippen molar-refractivity contribution in [3.05, 3.63) is 34.9 Å². The third-order valence-electron chi connectivity index (χ3n) is 2.69. The second kappa shape index (κ2) is 6.67. The number of rotatable bonds is 3.